The lowest BCUT2D eigenvalue weighted by Gasteiger charge is -2.31. The summed E-state index contributed by atoms with van der Waals surface area (Å²) in [4.78, 5) is 39.5. The molecule has 1 N–H and O–H groups in total. The lowest BCUT2D eigenvalue weighted by Crippen LogP contribution is -2.43. The molecule has 0 aromatic heterocycles. The van der Waals surface area contributed by atoms with Gasteiger partial charge in [-0.2, -0.15) is 0 Å². The summed E-state index contributed by atoms with van der Waals surface area (Å²) in [5.74, 6) is -1.53. The molecule has 1 aromatic rings. The number of hydrogen-bond acceptors (Lipinski definition) is 3. The fraction of sp³-hybridized carbons (Fsp3) is 0.526. The number of anilines is 1. The SMILES string of the molecule is CCc1ccc(N2C[C@H](C(=O)N3CCC(C(=O)O)CC3)CC2=O)cc1. The van der Waals surface area contributed by atoms with E-state index in [1.54, 1.807) is 9.80 Å². The van der Waals surface area contributed by atoms with Gasteiger partial charge in [-0.25, -0.2) is 0 Å². The second-order valence-corrected chi connectivity index (χ2v) is 6.86. The van der Waals surface area contributed by atoms with E-state index in [1.807, 2.05) is 24.3 Å². The molecular formula is C19H24N2O4. The smallest absolute Gasteiger partial charge is 0.306 e. The van der Waals surface area contributed by atoms with Crippen LogP contribution < -0.4 is 4.90 Å². The van der Waals surface area contributed by atoms with E-state index in [0.717, 1.165) is 12.1 Å². The molecule has 3 rings (SSSR count). The predicted molar refractivity (Wildman–Crippen MR) is 93.2 cm³/mol. The van der Waals surface area contributed by atoms with Crippen LogP contribution in [0.3, 0.4) is 0 Å². The first kappa shape index (κ1) is 17.5. The highest BCUT2D eigenvalue weighted by atomic mass is 16.4. The first-order valence-corrected chi connectivity index (χ1v) is 8.90. The highest BCUT2D eigenvalue weighted by molar-refractivity contribution is 6.00. The van der Waals surface area contributed by atoms with Crippen LogP contribution in [-0.2, 0) is 20.8 Å². The van der Waals surface area contributed by atoms with Crippen LogP contribution in [0.2, 0.25) is 0 Å². The van der Waals surface area contributed by atoms with Gasteiger partial charge in [0.05, 0.1) is 11.8 Å². The Labute approximate surface area is 147 Å². The van der Waals surface area contributed by atoms with E-state index in [2.05, 4.69) is 6.92 Å². The molecule has 6 nitrogen and oxygen atoms in total. The average Bonchev–Trinajstić information content (AvgIpc) is 3.03. The molecule has 6 heteroatoms. The zero-order valence-corrected chi connectivity index (χ0v) is 14.5. The third-order valence-corrected chi connectivity index (χ3v) is 5.29. The van der Waals surface area contributed by atoms with Crippen molar-refractivity contribution in [2.24, 2.45) is 11.8 Å². The molecule has 1 atom stereocenters. The molecule has 2 aliphatic heterocycles. The minimum Gasteiger partial charge on any atom is -0.481 e. The maximum Gasteiger partial charge on any atom is 0.306 e. The Morgan fingerprint density at radius 1 is 1.12 bits per heavy atom. The fourth-order valence-electron chi connectivity index (χ4n) is 3.64. The minimum absolute atomic E-state index is 0.0233. The molecule has 0 aliphatic carbocycles. The molecule has 2 amide bonds. The number of carboxylic acid groups (broad SMARTS) is 1. The van der Waals surface area contributed by atoms with Gasteiger partial charge >= 0.3 is 5.97 Å². The van der Waals surface area contributed by atoms with Crippen molar-refractivity contribution in [3.8, 4) is 0 Å². The quantitative estimate of drug-likeness (QED) is 0.905. The Balaban J connectivity index is 1.62. The Morgan fingerprint density at radius 3 is 2.32 bits per heavy atom. The van der Waals surface area contributed by atoms with E-state index in [4.69, 9.17) is 5.11 Å². The Bertz CT molecular complexity index is 663. The first-order valence-electron chi connectivity index (χ1n) is 8.90. The minimum atomic E-state index is -0.787. The number of rotatable bonds is 4. The van der Waals surface area contributed by atoms with Gasteiger partial charge in [0.15, 0.2) is 0 Å². The summed E-state index contributed by atoms with van der Waals surface area (Å²) in [6, 6.07) is 7.88. The molecule has 2 aliphatic rings. The molecule has 0 saturated carbocycles. The molecule has 25 heavy (non-hydrogen) atoms. The van der Waals surface area contributed by atoms with Crippen molar-refractivity contribution in [3.05, 3.63) is 29.8 Å². The highest BCUT2D eigenvalue weighted by Crippen LogP contribution is 2.28. The summed E-state index contributed by atoms with van der Waals surface area (Å²) >= 11 is 0. The number of carbonyl (C=O) groups excluding carboxylic acids is 2. The van der Waals surface area contributed by atoms with Gasteiger partial charge in [-0.1, -0.05) is 19.1 Å². The number of nitrogens with zero attached hydrogens (tertiary/aromatic N) is 2. The summed E-state index contributed by atoms with van der Waals surface area (Å²) < 4.78 is 0. The number of carbonyl (C=O) groups is 3. The molecule has 0 bridgehead atoms. The predicted octanol–water partition coefficient (Wildman–Crippen LogP) is 1.93. The van der Waals surface area contributed by atoms with Crippen molar-refractivity contribution in [1.82, 2.24) is 4.90 Å². The summed E-state index contributed by atoms with van der Waals surface area (Å²) in [5.41, 5.74) is 2.05. The summed E-state index contributed by atoms with van der Waals surface area (Å²) in [5, 5.41) is 9.05. The van der Waals surface area contributed by atoms with E-state index in [9.17, 15) is 14.4 Å². The maximum absolute atomic E-state index is 12.7. The van der Waals surface area contributed by atoms with Crippen LogP contribution in [0.15, 0.2) is 24.3 Å². The topological polar surface area (TPSA) is 77.9 Å². The van der Waals surface area contributed by atoms with Crippen LogP contribution in [0, 0.1) is 11.8 Å². The van der Waals surface area contributed by atoms with Crippen molar-refractivity contribution >= 4 is 23.5 Å². The number of hydrogen-bond donors (Lipinski definition) is 1. The van der Waals surface area contributed by atoms with Crippen LogP contribution in [0.4, 0.5) is 5.69 Å². The van der Waals surface area contributed by atoms with Gasteiger partial charge < -0.3 is 14.9 Å². The molecule has 2 saturated heterocycles. The van der Waals surface area contributed by atoms with Crippen LogP contribution >= 0.6 is 0 Å². The Hall–Kier alpha value is -2.37. The molecule has 1 aromatic carbocycles. The van der Waals surface area contributed by atoms with Crippen molar-refractivity contribution in [1.29, 1.82) is 0 Å². The standard InChI is InChI=1S/C19H24N2O4/c1-2-13-3-5-16(6-4-13)21-12-15(11-17(21)22)18(23)20-9-7-14(8-10-20)19(24)25/h3-6,14-15H,2,7-12H2,1H3,(H,24,25)/t15-/m1/s1. The first-order chi connectivity index (χ1) is 12.0. The van der Waals surface area contributed by atoms with Crippen molar-refractivity contribution < 1.29 is 19.5 Å². The van der Waals surface area contributed by atoms with E-state index in [0.29, 0.717) is 32.5 Å². The van der Waals surface area contributed by atoms with Crippen LogP contribution in [0.1, 0.15) is 31.7 Å². The number of aliphatic carboxylic acids is 1. The van der Waals surface area contributed by atoms with Gasteiger partial charge in [0, 0.05) is 31.7 Å². The Morgan fingerprint density at radius 2 is 1.76 bits per heavy atom. The highest BCUT2D eigenvalue weighted by Gasteiger charge is 2.38. The number of likely N-dealkylation sites (tertiary alicyclic amines) is 1. The molecule has 0 spiro atoms. The molecular weight excluding hydrogens is 320 g/mol. The monoisotopic (exact) mass is 344 g/mol. The fourth-order valence-corrected chi connectivity index (χ4v) is 3.64. The Kier molecular flexibility index (Phi) is 5.06. The number of aryl methyl sites for hydroxylation is 1. The normalized spacial score (nSPS) is 21.6. The van der Waals surface area contributed by atoms with E-state index < -0.39 is 5.97 Å². The van der Waals surface area contributed by atoms with Gasteiger partial charge in [0.25, 0.3) is 0 Å². The summed E-state index contributed by atoms with van der Waals surface area (Å²) in [6.07, 6.45) is 2.16. The third-order valence-electron chi connectivity index (χ3n) is 5.29. The number of benzene rings is 1. The summed E-state index contributed by atoms with van der Waals surface area (Å²) in [7, 11) is 0. The van der Waals surface area contributed by atoms with Gasteiger partial charge in [-0.05, 0) is 37.0 Å². The second-order valence-electron chi connectivity index (χ2n) is 6.86. The van der Waals surface area contributed by atoms with Crippen molar-refractivity contribution in [2.45, 2.75) is 32.6 Å². The number of amides is 2. The molecule has 2 fully saturated rings. The summed E-state index contributed by atoms with van der Waals surface area (Å²) in [6.45, 7) is 3.41. The zero-order valence-electron chi connectivity index (χ0n) is 14.5. The van der Waals surface area contributed by atoms with Gasteiger partial charge in [-0.15, -0.1) is 0 Å². The van der Waals surface area contributed by atoms with Crippen molar-refractivity contribution in [2.75, 3.05) is 24.5 Å². The van der Waals surface area contributed by atoms with E-state index in [-0.39, 0.29) is 30.1 Å². The second kappa shape index (κ2) is 7.25. The lowest BCUT2D eigenvalue weighted by atomic mass is 9.95. The van der Waals surface area contributed by atoms with Gasteiger partial charge in [0.1, 0.15) is 0 Å². The largest absolute Gasteiger partial charge is 0.481 e. The average molecular weight is 344 g/mol. The van der Waals surface area contributed by atoms with Gasteiger partial charge in [0.2, 0.25) is 11.8 Å². The molecule has 0 unspecified atom stereocenters. The molecule has 2 heterocycles. The van der Waals surface area contributed by atoms with Crippen LogP contribution in [-0.4, -0.2) is 47.4 Å². The number of carboxylic acids is 1. The van der Waals surface area contributed by atoms with Crippen molar-refractivity contribution in [3.63, 3.8) is 0 Å². The van der Waals surface area contributed by atoms with Crippen LogP contribution in [0.25, 0.3) is 0 Å². The molecule has 0 radical (unpaired) electrons. The third kappa shape index (κ3) is 3.67. The van der Waals surface area contributed by atoms with E-state index >= 15 is 0 Å². The molecule has 134 valence electrons. The van der Waals surface area contributed by atoms with E-state index in [1.165, 1.54) is 5.56 Å². The lowest BCUT2D eigenvalue weighted by molar-refractivity contribution is -0.146. The zero-order chi connectivity index (χ0) is 18.0. The van der Waals surface area contributed by atoms with Gasteiger partial charge in [-0.3, -0.25) is 14.4 Å². The number of piperidine rings is 1. The maximum atomic E-state index is 12.7. The van der Waals surface area contributed by atoms with Crippen LogP contribution in [0.5, 0.6) is 0 Å².